The van der Waals surface area contributed by atoms with Gasteiger partial charge < -0.3 is 19.5 Å². The van der Waals surface area contributed by atoms with Crippen molar-refractivity contribution >= 4 is 29.1 Å². The molecule has 1 atom stereocenters. The highest BCUT2D eigenvalue weighted by molar-refractivity contribution is 6.46. The number of ether oxygens (including phenoxy) is 2. The summed E-state index contributed by atoms with van der Waals surface area (Å²) in [6, 6.07) is 9.07. The van der Waals surface area contributed by atoms with E-state index in [0.717, 1.165) is 0 Å². The maximum absolute atomic E-state index is 12.8. The molecule has 2 aromatic rings. The average Bonchev–Trinajstić information content (AvgIpc) is 2.99. The van der Waals surface area contributed by atoms with Crippen LogP contribution in [0.1, 0.15) is 23.7 Å². The number of carbonyl (C=O) groups is 2. The number of hydrogen-bond donors (Lipinski definition) is 1. The molecule has 1 fully saturated rings. The first kappa shape index (κ1) is 20.8. The molecule has 8 heteroatoms. The molecule has 1 amide bonds. The van der Waals surface area contributed by atoms with Gasteiger partial charge >= 0.3 is 0 Å². The predicted molar refractivity (Wildman–Crippen MR) is 108 cm³/mol. The highest BCUT2D eigenvalue weighted by Gasteiger charge is 2.46. The zero-order chi connectivity index (χ0) is 21.0. The fraction of sp³-hybridized carbons (Fsp3) is 0.286. The largest absolute Gasteiger partial charge is 0.507 e. The lowest BCUT2D eigenvalue weighted by Gasteiger charge is -2.24. The third-order valence-electron chi connectivity index (χ3n) is 4.68. The molecule has 0 spiro atoms. The number of Topliss-reactive ketones (excluding diaryl/α,β-unsaturated/α-hetero) is 1. The van der Waals surface area contributed by atoms with Crippen LogP contribution >= 0.6 is 11.6 Å². The van der Waals surface area contributed by atoms with Crippen LogP contribution in [0.2, 0.25) is 5.02 Å². The number of benzene rings is 1. The van der Waals surface area contributed by atoms with Gasteiger partial charge in [-0.3, -0.25) is 14.6 Å². The predicted octanol–water partition coefficient (Wildman–Crippen LogP) is 3.20. The van der Waals surface area contributed by atoms with E-state index >= 15 is 0 Å². The molecule has 152 valence electrons. The van der Waals surface area contributed by atoms with E-state index in [0.29, 0.717) is 41.6 Å². The Labute approximate surface area is 173 Å². The number of aliphatic hydroxyl groups is 1. The summed E-state index contributed by atoms with van der Waals surface area (Å²) in [4.78, 5) is 31.3. The average molecular weight is 417 g/mol. The van der Waals surface area contributed by atoms with Crippen molar-refractivity contribution in [1.29, 1.82) is 0 Å². The molecule has 29 heavy (non-hydrogen) atoms. The SMILES string of the molecule is COCCCN1C(=O)C(=O)/C(=C(\O)c2ccc(Cl)c(OC)c2)C1c1ccccn1. The molecule has 0 radical (unpaired) electrons. The molecule has 1 N–H and O–H groups in total. The number of pyridine rings is 1. The van der Waals surface area contributed by atoms with Crippen molar-refractivity contribution in [3.63, 3.8) is 0 Å². The second-order valence-electron chi connectivity index (χ2n) is 6.44. The molecule has 1 saturated heterocycles. The van der Waals surface area contributed by atoms with Crippen LogP contribution in [-0.2, 0) is 14.3 Å². The van der Waals surface area contributed by atoms with Gasteiger partial charge in [-0.25, -0.2) is 0 Å². The Morgan fingerprint density at radius 2 is 2.03 bits per heavy atom. The summed E-state index contributed by atoms with van der Waals surface area (Å²) in [5.41, 5.74) is 0.796. The zero-order valence-corrected chi connectivity index (χ0v) is 16.8. The minimum absolute atomic E-state index is 0.0181. The smallest absolute Gasteiger partial charge is 0.295 e. The van der Waals surface area contributed by atoms with Crippen molar-refractivity contribution in [2.24, 2.45) is 0 Å². The van der Waals surface area contributed by atoms with E-state index in [4.69, 9.17) is 21.1 Å². The first-order chi connectivity index (χ1) is 14.0. The number of ketones is 1. The quantitative estimate of drug-likeness (QED) is 0.322. The highest BCUT2D eigenvalue weighted by Crippen LogP contribution is 2.39. The number of aromatic nitrogens is 1. The molecule has 7 nitrogen and oxygen atoms in total. The summed E-state index contributed by atoms with van der Waals surface area (Å²) < 4.78 is 10.2. The van der Waals surface area contributed by atoms with Gasteiger partial charge in [0.15, 0.2) is 0 Å². The van der Waals surface area contributed by atoms with Crippen molar-refractivity contribution < 1.29 is 24.2 Å². The fourth-order valence-corrected chi connectivity index (χ4v) is 3.49. The van der Waals surface area contributed by atoms with Crippen molar-refractivity contribution in [2.75, 3.05) is 27.4 Å². The van der Waals surface area contributed by atoms with Crippen LogP contribution in [0.4, 0.5) is 0 Å². The molecule has 1 unspecified atom stereocenters. The monoisotopic (exact) mass is 416 g/mol. The Morgan fingerprint density at radius 3 is 2.69 bits per heavy atom. The Balaban J connectivity index is 2.12. The van der Waals surface area contributed by atoms with E-state index in [9.17, 15) is 14.7 Å². The van der Waals surface area contributed by atoms with Crippen molar-refractivity contribution in [2.45, 2.75) is 12.5 Å². The van der Waals surface area contributed by atoms with Crippen LogP contribution in [0.3, 0.4) is 0 Å². The van der Waals surface area contributed by atoms with Crippen LogP contribution in [-0.4, -0.2) is 54.1 Å². The molecule has 0 saturated carbocycles. The molecule has 3 rings (SSSR count). The number of likely N-dealkylation sites (tertiary alicyclic amines) is 1. The van der Waals surface area contributed by atoms with E-state index in [-0.39, 0.29) is 11.3 Å². The minimum Gasteiger partial charge on any atom is -0.507 e. The molecular weight excluding hydrogens is 396 g/mol. The number of aliphatic hydroxyl groups excluding tert-OH is 1. The first-order valence-electron chi connectivity index (χ1n) is 9.01. The Kier molecular flexibility index (Phi) is 6.51. The second-order valence-corrected chi connectivity index (χ2v) is 6.85. The number of rotatable bonds is 7. The van der Waals surface area contributed by atoms with Crippen LogP contribution in [0.25, 0.3) is 5.76 Å². The van der Waals surface area contributed by atoms with Crippen molar-refractivity contribution in [3.8, 4) is 5.75 Å². The summed E-state index contributed by atoms with van der Waals surface area (Å²) in [6.07, 6.45) is 2.12. The Bertz CT molecular complexity index is 945. The van der Waals surface area contributed by atoms with Crippen LogP contribution in [0.15, 0.2) is 48.2 Å². The third-order valence-corrected chi connectivity index (χ3v) is 4.99. The van der Waals surface area contributed by atoms with E-state index in [2.05, 4.69) is 4.98 Å². The lowest BCUT2D eigenvalue weighted by molar-refractivity contribution is -0.140. The van der Waals surface area contributed by atoms with Gasteiger partial charge in [0.1, 0.15) is 17.6 Å². The van der Waals surface area contributed by atoms with E-state index < -0.39 is 17.7 Å². The number of carbonyl (C=O) groups excluding carboxylic acids is 2. The van der Waals surface area contributed by atoms with Crippen LogP contribution in [0.5, 0.6) is 5.75 Å². The molecule has 0 bridgehead atoms. The molecule has 0 aliphatic carbocycles. The van der Waals surface area contributed by atoms with Gasteiger partial charge in [-0.2, -0.15) is 0 Å². The molecule has 1 aromatic carbocycles. The molecule has 2 heterocycles. The number of halogens is 1. The summed E-state index contributed by atoms with van der Waals surface area (Å²) in [5, 5.41) is 11.3. The third kappa shape index (κ3) is 4.11. The van der Waals surface area contributed by atoms with Gasteiger partial charge in [0.05, 0.1) is 23.4 Å². The summed E-state index contributed by atoms with van der Waals surface area (Å²) in [5.74, 6) is -1.40. The Morgan fingerprint density at radius 1 is 1.24 bits per heavy atom. The fourth-order valence-electron chi connectivity index (χ4n) is 3.30. The standard InChI is InChI=1S/C21H21ClN2O5/c1-28-11-5-10-24-18(15-6-3-4-9-23-15)17(20(26)21(24)27)19(25)13-7-8-14(22)16(12-13)29-2/h3-4,6-9,12,18,25H,5,10-11H2,1-2H3/b19-17-. The highest BCUT2D eigenvalue weighted by atomic mass is 35.5. The topological polar surface area (TPSA) is 89.0 Å². The Hall–Kier alpha value is -2.90. The second kappa shape index (κ2) is 9.07. The van der Waals surface area contributed by atoms with E-state index in [1.165, 1.54) is 18.1 Å². The molecular formula is C21H21ClN2O5. The number of nitrogens with zero attached hydrogens (tertiary/aromatic N) is 2. The number of amides is 1. The van der Waals surface area contributed by atoms with E-state index in [1.54, 1.807) is 43.6 Å². The molecule has 1 aliphatic heterocycles. The lowest BCUT2D eigenvalue weighted by Crippen LogP contribution is -2.31. The van der Waals surface area contributed by atoms with Crippen molar-refractivity contribution in [1.82, 2.24) is 9.88 Å². The normalized spacial score (nSPS) is 18.3. The van der Waals surface area contributed by atoms with Gasteiger partial charge in [-0.05, 0) is 36.8 Å². The van der Waals surface area contributed by atoms with Gasteiger partial charge in [0.25, 0.3) is 11.7 Å². The minimum atomic E-state index is -0.797. The maximum atomic E-state index is 12.8. The van der Waals surface area contributed by atoms with Crippen LogP contribution < -0.4 is 4.74 Å². The van der Waals surface area contributed by atoms with Crippen LogP contribution in [0, 0.1) is 0 Å². The van der Waals surface area contributed by atoms with Crippen molar-refractivity contribution in [3.05, 3.63) is 64.4 Å². The molecule has 1 aliphatic rings. The lowest BCUT2D eigenvalue weighted by atomic mass is 9.98. The maximum Gasteiger partial charge on any atom is 0.295 e. The van der Waals surface area contributed by atoms with Gasteiger partial charge in [0, 0.05) is 32.0 Å². The number of hydrogen-bond acceptors (Lipinski definition) is 6. The first-order valence-corrected chi connectivity index (χ1v) is 9.39. The number of methoxy groups -OCH3 is 2. The van der Waals surface area contributed by atoms with Gasteiger partial charge in [-0.15, -0.1) is 0 Å². The van der Waals surface area contributed by atoms with Gasteiger partial charge in [-0.1, -0.05) is 17.7 Å². The van der Waals surface area contributed by atoms with E-state index in [1.807, 2.05) is 0 Å². The summed E-state index contributed by atoms with van der Waals surface area (Å²) in [7, 11) is 3.02. The summed E-state index contributed by atoms with van der Waals surface area (Å²) >= 11 is 6.06. The molecule has 1 aromatic heterocycles. The summed E-state index contributed by atoms with van der Waals surface area (Å²) in [6.45, 7) is 0.729. The zero-order valence-electron chi connectivity index (χ0n) is 16.1. The van der Waals surface area contributed by atoms with Gasteiger partial charge in [0.2, 0.25) is 0 Å².